The van der Waals surface area contributed by atoms with Gasteiger partial charge in [-0.1, -0.05) is 59.6 Å². The third-order valence-electron chi connectivity index (χ3n) is 2.83. The van der Waals surface area contributed by atoms with Crippen molar-refractivity contribution in [3.8, 4) is 0 Å². The second kappa shape index (κ2) is 7.49. The number of benzene rings is 1. The highest BCUT2D eigenvalue weighted by Gasteiger charge is 2.17. The summed E-state index contributed by atoms with van der Waals surface area (Å²) in [6.07, 6.45) is 3.36. The maximum absolute atomic E-state index is 11.2. The van der Waals surface area contributed by atoms with Crippen molar-refractivity contribution in [2.45, 2.75) is 37.4 Å². The van der Waals surface area contributed by atoms with Gasteiger partial charge in [0.15, 0.2) is 0 Å². The van der Waals surface area contributed by atoms with Crippen LogP contribution < -0.4 is 0 Å². The average molecular weight is 299 g/mol. The number of carbonyl (C=O) groups is 1. The van der Waals surface area contributed by atoms with E-state index < -0.39 is 5.97 Å². The van der Waals surface area contributed by atoms with Crippen LogP contribution in [0.5, 0.6) is 0 Å². The number of rotatable bonds is 7. The van der Waals surface area contributed by atoms with E-state index in [1.807, 2.05) is 30.3 Å². The molecule has 0 radical (unpaired) electrons. The van der Waals surface area contributed by atoms with Crippen LogP contribution in [0.1, 0.15) is 31.7 Å². The third kappa shape index (κ3) is 5.87. The highest BCUT2D eigenvalue weighted by molar-refractivity contribution is 9.09. The van der Waals surface area contributed by atoms with Gasteiger partial charge in [-0.25, -0.2) is 0 Å². The lowest BCUT2D eigenvalue weighted by molar-refractivity contribution is -0.142. The Morgan fingerprint density at radius 2 is 1.94 bits per heavy atom. The van der Waals surface area contributed by atoms with Crippen molar-refractivity contribution in [2.75, 3.05) is 0 Å². The zero-order chi connectivity index (χ0) is 12.7. The Bertz CT molecular complexity index is 335. The number of alkyl halides is 1. The van der Waals surface area contributed by atoms with Crippen LogP contribution >= 0.6 is 15.9 Å². The minimum Gasteiger partial charge on any atom is -0.481 e. The fourth-order valence-corrected chi connectivity index (χ4v) is 2.18. The highest BCUT2D eigenvalue weighted by atomic mass is 79.9. The molecule has 0 bridgehead atoms. The molecule has 1 N–H and O–H groups in total. The molecule has 1 rings (SSSR count). The van der Waals surface area contributed by atoms with Crippen molar-refractivity contribution in [1.29, 1.82) is 0 Å². The summed E-state index contributed by atoms with van der Waals surface area (Å²) in [4.78, 5) is 11.6. The van der Waals surface area contributed by atoms with Gasteiger partial charge in [0.25, 0.3) is 0 Å². The standard InChI is InChI=1S/C14H19BrO2/c1-11(15)6-5-9-13(14(16)17)10-12-7-3-2-4-8-12/h2-4,7-8,11,13H,5-6,9-10H2,1H3,(H,16,17)/t11-,13+/m0/s1. The molecule has 0 saturated heterocycles. The highest BCUT2D eigenvalue weighted by Crippen LogP contribution is 2.18. The summed E-state index contributed by atoms with van der Waals surface area (Å²) >= 11 is 3.48. The first kappa shape index (κ1) is 14.2. The summed E-state index contributed by atoms with van der Waals surface area (Å²) < 4.78 is 0. The summed E-state index contributed by atoms with van der Waals surface area (Å²) in [5, 5.41) is 9.19. The summed E-state index contributed by atoms with van der Waals surface area (Å²) in [5.41, 5.74) is 1.10. The normalized spacial score (nSPS) is 14.2. The molecule has 0 amide bonds. The first-order valence-electron chi connectivity index (χ1n) is 6.00. The molecule has 17 heavy (non-hydrogen) atoms. The monoisotopic (exact) mass is 298 g/mol. The van der Waals surface area contributed by atoms with Crippen LogP contribution in [0.2, 0.25) is 0 Å². The molecule has 1 aromatic carbocycles. The maximum Gasteiger partial charge on any atom is 0.306 e. The van der Waals surface area contributed by atoms with Gasteiger partial charge in [-0.15, -0.1) is 0 Å². The second-order valence-corrected chi connectivity index (χ2v) is 6.00. The molecule has 0 aromatic heterocycles. The minimum absolute atomic E-state index is 0.261. The molecular formula is C14H19BrO2. The second-order valence-electron chi connectivity index (χ2n) is 4.44. The van der Waals surface area contributed by atoms with E-state index in [2.05, 4.69) is 22.9 Å². The van der Waals surface area contributed by atoms with E-state index in [0.717, 1.165) is 24.8 Å². The molecule has 2 nitrogen and oxygen atoms in total. The van der Waals surface area contributed by atoms with Crippen molar-refractivity contribution in [2.24, 2.45) is 5.92 Å². The number of carboxylic acid groups (broad SMARTS) is 1. The lowest BCUT2D eigenvalue weighted by Crippen LogP contribution is -2.16. The Hall–Kier alpha value is -0.830. The number of aliphatic carboxylic acids is 1. The van der Waals surface area contributed by atoms with Crippen molar-refractivity contribution < 1.29 is 9.90 Å². The van der Waals surface area contributed by atoms with E-state index >= 15 is 0 Å². The number of hydrogen-bond acceptors (Lipinski definition) is 1. The first-order chi connectivity index (χ1) is 8.09. The SMILES string of the molecule is C[C@H](Br)CCC[C@H](Cc1ccccc1)C(=O)O. The molecule has 94 valence electrons. The molecule has 0 saturated carbocycles. The smallest absolute Gasteiger partial charge is 0.306 e. The quantitative estimate of drug-likeness (QED) is 0.776. The fraction of sp³-hybridized carbons (Fsp3) is 0.500. The molecule has 1 aromatic rings. The van der Waals surface area contributed by atoms with E-state index in [1.54, 1.807) is 0 Å². The minimum atomic E-state index is -0.684. The van der Waals surface area contributed by atoms with E-state index in [4.69, 9.17) is 0 Å². The number of halogens is 1. The van der Waals surface area contributed by atoms with Crippen LogP contribution in [-0.2, 0) is 11.2 Å². The third-order valence-corrected chi connectivity index (χ3v) is 3.29. The first-order valence-corrected chi connectivity index (χ1v) is 6.92. The topological polar surface area (TPSA) is 37.3 Å². The molecular weight excluding hydrogens is 280 g/mol. The molecule has 3 heteroatoms. The predicted molar refractivity (Wildman–Crippen MR) is 73.5 cm³/mol. The summed E-state index contributed by atoms with van der Waals surface area (Å²) in [6.45, 7) is 2.09. The van der Waals surface area contributed by atoms with Crippen molar-refractivity contribution in [3.63, 3.8) is 0 Å². The van der Waals surface area contributed by atoms with Crippen LogP contribution in [0.15, 0.2) is 30.3 Å². The zero-order valence-corrected chi connectivity index (χ0v) is 11.7. The molecule has 0 aliphatic heterocycles. The maximum atomic E-state index is 11.2. The number of carboxylic acids is 1. The molecule has 0 unspecified atom stereocenters. The molecule has 0 heterocycles. The molecule has 2 atom stereocenters. The lowest BCUT2D eigenvalue weighted by atomic mass is 9.94. The van der Waals surface area contributed by atoms with Gasteiger partial charge in [-0.05, 0) is 24.8 Å². The Morgan fingerprint density at radius 1 is 1.29 bits per heavy atom. The Labute approximate surface area is 111 Å². The Kier molecular flexibility index (Phi) is 6.27. The lowest BCUT2D eigenvalue weighted by Gasteiger charge is -2.12. The van der Waals surface area contributed by atoms with Gasteiger partial charge in [-0.2, -0.15) is 0 Å². The molecule has 0 aliphatic rings. The van der Waals surface area contributed by atoms with Gasteiger partial charge in [0.1, 0.15) is 0 Å². The van der Waals surface area contributed by atoms with E-state index in [9.17, 15) is 9.90 Å². The van der Waals surface area contributed by atoms with Crippen LogP contribution in [0.4, 0.5) is 0 Å². The molecule has 0 spiro atoms. The van der Waals surface area contributed by atoms with Crippen LogP contribution in [0.3, 0.4) is 0 Å². The van der Waals surface area contributed by atoms with Crippen molar-refractivity contribution in [1.82, 2.24) is 0 Å². The summed E-state index contributed by atoms with van der Waals surface area (Å²) in [6, 6.07) is 9.83. The average Bonchev–Trinajstić information content (AvgIpc) is 2.28. The van der Waals surface area contributed by atoms with E-state index in [1.165, 1.54) is 0 Å². The van der Waals surface area contributed by atoms with Crippen LogP contribution in [0.25, 0.3) is 0 Å². The predicted octanol–water partition coefficient (Wildman–Crippen LogP) is 3.88. The van der Waals surface area contributed by atoms with Crippen molar-refractivity contribution in [3.05, 3.63) is 35.9 Å². The van der Waals surface area contributed by atoms with Gasteiger partial charge in [0.05, 0.1) is 5.92 Å². The van der Waals surface area contributed by atoms with E-state index in [0.29, 0.717) is 11.2 Å². The van der Waals surface area contributed by atoms with Crippen LogP contribution in [-0.4, -0.2) is 15.9 Å². The molecule has 0 aliphatic carbocycles. The summed E-state index contributed by atoms with van der Waals surface area (Å²) in [5.74, 6) is -0.945. The Morgan fingerprint density at radius 3 is 2.47 bits per heavy atom. The van der Waals surface area contributed by atoms with E-state index in [-0.39, 0.29) is 5.92 Å². The van der Waals surface area contributed by atoms with Crippen molar-refractivity contribution >= 4 is 21.9 Å². The van der Waals surface area contributed by atoms with Crippen LogP contribution in [0, 0.1) is 5.92 Å². The van der Waals surface area contributed by atoms with Gasteiger partial charge < -0.3 is 5.11 Å². The molecule has 0 fully saturated rings. The van der Waals surface area contributed by atoms with Gasteiger partial charge in [-0.3, -0.25) is 4.79 Å². The van der Waals surface area contributed by atoms with Gasteiger partial charge in [0, 0.05) is 4.83 Å². The largest absolute Gasteiger partial charge is 0.481 e. The number of hydrogen-bond donors (Lipinski definition) is 1. The van der Waals surface area contributed by atoms with Gasteiger partial charge >= 0.3 is 5.97 Å². The Balaban J connectivity index is 2.47. The zero-order valence-electron chi connectivity index (χ0n) is 10.1. The van der Waals surface area contributed by atoms with Gasteiger partial charge in [0.2, 0.25) is 0 Å². The fourth-order valence-electron chi connectivity index (χ4n) is 1.86. The summed E-state index contributed by atoms with van der Waals surface area (Å²) in [7, 11) is 0.